The number of aryl methyl sites for hydroxylation is 1. The first-order valence-corrected chi connectivity index (χ1v) is 8.49. The number of benzene rings is 2. The van der Waals surface area contributed by atoms with E-state index in [1.807, 2.05) is 19.1 Å². The summed E-state index contributed by atoms with van der Waals surface area (Å²) in [6, 6.07) is 12.8. The van der Waals surface area contributed by atoms with Gasteiger partial charge >= 0.3 is 0 Å². The first-order valence-electron chi connectivity index (χ1n) is 7.01. The van der Waals surface area contributed by atoms with E-state index in [9.17, 15) is 13.2 Å². The summed E-state index contributed by atoms with van der Waals surface area (Å²) in [7, 11) is -3.68. The molecule has 0 atom stereocenters. The molecule has 0 aliphatic carbocycles. The highest BCUT2D eigenvalue weighted by Gasteiger charge is 2.15. The Hall–Kier alpha value is -2.60. The predicted octanol–water partition coefficient (Wildman–Crippen LogP) is 2.71. The van der Waals surface area contributed by atoms with Crippen LogP contribution in [0.1, 0.15) is 15.9 Å². The van der Waals surface area contributed by atoms with Crippen LogP contribution in [0.25, 0.3) is 0 Å². The Balaban J connectivity index is 2.15. The largest absolute Gasteiger partial charge is 0.349 e. The summed E-state index contributed by atoms with van der Waals surface area (Å²) in [5.41, 5.74) is 1.92. The molecule has 0 heterocycles. The molecule has 0 radical (unpaired) electrons. The summed E-state index contributed by atoms with van der Waals surface area (Å²) in [6.45, 7) is 5.80. The van der Waals surface area contributed by atoms with E-state index in [0.717, 1.165) is 5.56 Å². The fourth-order valence-corrected chi connectivity index (χ4v) is 2.95. The van der Waals surface area contributed by atoms with Gasteiger partial charge in [0.1, 0.15) is 0 Å². The molecule has 0 aliphatic rings. The minimum Gasteiger partial charge on any atom is -0.349 e. The summed E-state index contributed by atoms with van der Waals surface area (Å²) in [6.07, 6.45) is 1.57. The first-order chi connectivity index (χ1) is 10.9. The van der Waals surface area contributed by atoms with Crippen LogP contribution in [0, 0.1) is 6.92 Å². The molecule has 0 saturated heterocycles. The average molecular weight is 330 g/mol. The van der Waals surface area contributed by atoms with Gasteiger partial charge in [-0.2, -0.15) is 0 Å². The van der Waals surface area contributed by atoms with Gasteiger partial charge in [0.05, 0.1) is 4.90 Å². The number of amides is 1. The number of nitrogens with one attached hydrogen (secondary N) is 2. The predicted molar refractivity (Wildman–Crippen MR) is 91.0 cm³/mol. The lowest BCUT2D eigenvalue weighted by Gasteiger charge is -2.09. The van der Waals surface area contributed by atoms with E-state index in [1.165, 1.54) is 24.3 Å². The molecular formula is C17H18N2O3S. The topological polar surface area (TPSA) is 75.3 Å². The molecule has 0 bridgehead atoms. The summed E-state index contributed by atoms with van der Waals surface area (Å²) >= 11 is 0. The number of hydrogen-bond acceptors (Lipinski definition) is 3. The molecule has 2 aromatic carbocycles. The number of carbonyl (C=O) groups excluding carboxylic acids is 1. The number of anilines is 1. The number of rotatable bonds is 6. The molecule has 120 valence electrons. The standard InChI is InChI=1S/C17H18N2O3S/c1-3-12-18-17(20)14-6-10-16(11-7-14)23(21,22)19-15-8-4-13(2)5-9-15/h3-11,19H,1,12H2,2H3,(H,18,20). The molecule has 0 spiro atoms. The summed E-state index contributed by atoms with van der Waals surface area (Å²) in [5.74, 6) is -0.277. The van der Waals surface area contributed by atoms with E-state index >= 15 is 0 Å². The number of hydrogen-bond donors (Lipinski definition) is 2. The van der Waals surface area contributed by atoms with Gasteiger partial charge in [0, 0.05) is 17.8 Å². The molecule has 0 fully saturated rings. The van der Waals surface area contributed by atoms with Gasteiger partial charge in [-0.3, -0.25) is 9.52 Å². The fraction of sp³-hybridized carbons (Fsp3) is 0.118. The smallest absolute Gasteiger partial charge is 0.261 e. The zero-order chi connectivity index (χ0) is 16.9. The first kappa shape index (κ1) is 16.8. The van der Waals surface area contributed by atoms with Crippen LogP contribution >= 0.6 is 0 Å². The Morgan fingerprint density at radius 3 is 2.26 bits per heavy atom. The maximum atomic E-state index is 12.3. The maximum absolute atomic E-state index is 12.3. The second kappa shape index (κ2) is 7.11. The molecule has 5 nitrogen and oxygen atoms in total. The normalized spacial score (nSPS) is 10.8. The van der Waals surface area contributed by atoms with Crippen molar-refractivity contribution in [3.63, 3.8) is 0 Å². The van der Waals surface area contributed by atoms with Gasteiger partial charge in [-0.15, -0.1) is 6.58 Å². The zero-order valence-electron chi connectivity index (χ0n) is 12.7. The third-order valence-corrected chi connectivity index (χ3v) is 4.53. The second-order valence-electron chi connectivity index (χ2n) is 4.99. The van der Waals surface area contributed by atoms with Crippen LogP contribution in [0.15, 0.2) is 66.1 Å². The highest BCUT2D eigenvalue weighted by Crippen LogP contribution is 2.17. The van der Waals surface area contributed by atoms with E-state index in [1.54, 1.807) is 18.2 Å². The molecule has 23 heavy (non-hydrogen) atoms. The minimum absolute atomic E-state index is 0.0957. The van der Waals surface area contributed by atoms with Crippen LogP contribution in [0.4, 0.5) is 5.69 Å². The summed E-state index contributed by atoms with van der Waals surface area (Å²) in [5, 5.41) is 2.63. The minimum atomic E-state index is -3.68. The molecule has 1 amide bonds. The van der Waals surface area contributed by atoms with E-state index < -0.39 is 10.0 Å². The van der Waals surface area contributed by atoms with Crippen molar-refractivity contribution < 1.29 is 13.2 Å². The number of carbonyl (C=O) groups is 1. The van der Waals surface area contributed by atoms with Gasteiger partial charge in [0.15, 0.2) is 0 Å². The Bertz CT molecular complexity index is 795. The van der Waals surface area contributed by atoms with E-state index in [-0.39, 0.29) is 10.8 Å². The average Bonchev–Trinajstić information content (AvgIpc) is 2.54. The molecule has 0 saturated carbocycles. The van der Waals surface area contributed by atoms with Crippen LogP contribution in [-0.2, 0) is 10.0 Å². The van der Waals surface area contributed by atoms with Crippen LogP contribution in [0.2, 0.25) is 0 Å². The van der Waals surface area contributed by atoms with Gasteiger partial charge in [0.2, 0.25) is 0 Å². The van der Waals surface area contributed by atoms with Crippen LogP contribution in [0.3, 0.4) is 0 Å². The zero-order valence-corrected chi connectivity index (χ0v) is 13.6. The Labute approximate surface area is 136 Å². The Morgan fingerprint density at radius 1 is 1.09 bits per heavy atom. The van der Waals surface area contributed by atoms with Crippen molar-refractivity contribution in [2.24, 2.45) is 0 Å². The molecule has 2 aromatic rings. The summed E-state index contributed by atoms with van der Waals surface area (Å²) < 4.78 is 27.1. The monoisotopic (exact) mass is 330 g/mol. The van der Waals surface area contributed by atoms with E-state index in [4.69, 9.17) is 0 Å². The van der Waals surface area contributed by atoms with Gasteiger partial charge in [-0.05, 0) is 43.3 Å². The Morgan fingerprint density at radius 2 is 1.70 bits per heavy atom. The molecule has 2 rings (SSSR count). The van der Waals surface area contributed by atoms with Gasteiger partial charge < -0.3 is 5.32 Å². The van der Waals surface area contributed by atoms with Crippen LogP contribution in [-0.4, -0.2) is 20.9 Å². The lowest BCUT2D eigenvalue weighted by atomic mass is 10.2. The van der Waals surface area contributed by atoms with Gasteiger partial charge in [-0.1, -0.05) is 23.8 Å². The van der Waals surface area contributed by atoms with Crippen molar-refractivity contribution in [2.75, 3.05) is 11.3 Å². The van der Waals surface area contributed by atoms with Crippen molar-refractivity contribution in [3.8, 4) is 0 Å². The SMILES string of the molecule is C=CCNC(=O)c1ccc(S(=O)(=O)Nc2ccc(C)cc2)cc1. The van der Waals surface area contributed by atoms with Crippen molar-refractivity contribution in [1.29, 1.82) is 0 Å². The molecule has 6 heteroatoms. The van der Waals surface area contributed by atoms with Crippen molar-refractivity contribution in [3.05, 3.63) is 72.3 Å². The van der Waals surface area contributed by atoms with E-state index in [0.29, 0.717) is 17.8 Å². The fourth-order valence-electron chi connectivity index (χ4n) is 1.89. The molecule has 0 aromatic heterocycles. The highest BCUT2D eigenvalue weighted by atomic mass is 32.2. The maximum Gasteiger partial charge on any atom is 0.261 e. The molecule has 0 aliphatic heterocycles. The quantitative estimate of drug-likeness (QED) is 0.800. The van der Waals surface area contributed by atoms with Gasteiger partial charge in [0.25, 0.3) is 15.9 Å². The number of sulfonamides is 1. The summed E-state index contributed by atoms with van der Waals surface area (Å²) in [4.78, 5) is 11.9. The van der Waals surface area contributed by atoms with Crippen molar-refractivity contribution in [1.82, 2.24) is 5.32 Å². The lowest BCUT2D eigenvalue weighted by Crippen LogP contribution is -2.23. The van der Waals surface area contributed by atoms with Crippen LogP contribution < -0.4 is 10.0 Å². The second-order valence-corrected chi connectivity index (χ2v) is 6.68. The third kappa shape index (κ3) is 4.43. The molecule has 2 N–H and O–H groups in total. The molecule has 0 unspecified atom stereocenters. The molecular weight excluding hydrogens is 312 g/mol. The lowest BCUT2D eigenvalue weighted by molar-refractivity contribution is 0.0958. The van der Waals surface area contributed by atoms with Crippen LogP contribution in [0.5, 0.6) is 0 Å². The highest BCUT2D eigenvalue weighted by molar-refractivity contribution is 7.92. The third-order valence-electron chi connectivity index (χ3n) is 3.14. The van der Waals surface area contributed by atoms with Crippen molar-refractivity contribution >= 4 is 21.6 Å². The van der Waals surface area contributed by atoms with E-state index in [2.05, 4.69) is 16.6 Å². The Kier molecular flexibility index (Phi) is 5.18. The van der Waals surface area contributed by atoms with Crippen molar-refractivity contribution in [2.45, 2.75) is 11.8 Å². The van der Waals surface area contributed by atoms with Gasteiger partial charge in [-0.25, -0.2) is 8.42 Å².